The molecule has 3 aromatic carbocycles. The van der Waals surface area contributed by atoms with Gasteiger partial charge >= 0.3 is 57.6 Å². The van der Waals surface area contributed by atoms with Crippen molar-refractivity contribution >= 4 is 26.1 Å². The van der Waals surface area contributed by atoms with Crippen molar-refractivity contribution in [1.82, 2.24) is 0 Å². The van der Waals surface area contributed by atoms with Crippen molar-refractivity contribution in [2.45, 2.75) is 93.6 Å². The molecule has 26 heteroatoms. The molecule has 0 aromatic heterocycles. The average Bonchev–Trinajstić information content (AvgIpc) is 3.44. The van der Waals surface area contributed by atoms with Crippen LogP contribution in [0.4, 0.5) is 70.2 Å². The number of esters is 1. The lowest BCUT2D eigenvalue weighted by molar-refractivity contribution is -0.400. The van der Waals surface area contributed by atoms with Crippen molar-refractivity contribution in [2.24, 2.45) is 11.8 Å². The van der Waals surface area contributed by atoms with E-state index in [1.165, 1.54) is 24.5 Å². The van der Waals surface area contributed by atoms with Gasteiger partial charge in [0.05, 0.1) is 18.8 Å². The van der Waals surface area contributed by atoms with Gasteiger partial charge in [-0.1, -0.05) is 55.1 Å². The number of halogens is 16. The highest BCUT2D eigenvalue weighted by Gasteiger charge is 2.80. The van der Waals surface area contributed by atoms with Gasteiger partial charge in [0.2, 0.25) is 0 Å². The molecule has 0 bridgehead atoms. The standard InChI is InChI=1S/C39H34F16O8S2/c1-21(20-61-16-15-32(40,41)39(54,55)65(58,59)60)31(56)62-24-18-22(33(57,35(42,43)44)36(45,46)47)17-23(19-24)34(37(48,49)50,38(51,52)53)63-27-11-5-8-14-30(27)64(2)28-12-6-3-9-25(28)26-10-4-7-13-29(26)64/h3-14,22-24,57H,1,15-20H2,2H3,(H,58,59,60). The maximum Gasteiger partial charge on any atom is 0.437 e. The van der Waals surface area contributed by atoms with E-state index in [4.69, 9.17) is 14.0 Å². The number of aliphatic hydroxyl groups is 1. The lowest BCUT2D eigenvalue weighted by atomic mass is 9.65. The second kappa shape index (κ2) is 17.1. The Morgan fingerprint density at radius 3 is 1.60 bits per heavy atom. The van der Waals surface area contributed by atoms with Crippen LogP contribution in [0.25, 0.3) is 11.1 Å². The van der Waals surface area contributed by atoms with Gasteiger partial charge in [0, 0.05) is 32.9 Å². The van der Waals surface area contributed by atoms with E-state index < -0.39 is 141 Å². The summed E-state index contributed by atoms with van der Waals surface area (Å²) in [6.07, 6.45) is -36.8. The first-order chi connectivity index (χ1) is 29.5. The van der Waals surface area contributed by atoms with Gasteiger partial charge in [0.1, 0.15) is 11.9 Å². The summed E-state index contributed by atoms with van der Waals surface area (Å²) in [5.41, 5.74) is -11.9. The van der Waals surface area contributed by atoms with Gasteiger partial charge < -0.3 is 19.3 Å². The van der Waals surface area contributed by atoms with Crippen LogP contribution in [0.5, 0.6) is 5.75 Å². The Hall–Kier alpha value is -4.27. The third-order valence-corrected chi connectivity index (χ3v) is 15.8. The van der Waals surface area contributed by atoms with Crippen LogP contribution in [0.15, 0.2) is 99.6 Å². The van der Waals surface area contributed by atoms with E-state index in [0.717, 1.165) is 12.1 Å². The van der Waals surface area contributed by atoms with Crippen molar-refractivity contribution in [2.75, 3.05) is 19.5 Å². The third-order valence-electron chi connectivity index (χ3n) is 11.2. The second-order valence-electron chi connectivity index (χ2n) is 15.2. The molecular weight excluding hydrogens is 965 g/mol. The van der Waals surface area contributed by atoms with Crippen molar-refractivity contribution in [3.63, 3.8) is 0 Å². The molecule has 2 aliphatic rings. The Bertz CT molecular complexity index is 2310. The van der Waals surface area contributed by atoms with E-state index in [2.05, 4.69) is 11.3 Å². The highest BCUT2D eigenvalue weighted by atomic mass is 32.3. The van der Waals surface area contributed by atoms with Crippen molar-refractivity contribution in [3.8, 4) is 16.9 Å². The van der Waals surface area contributed by atoms with Crippen molar-refractivity contribution in [3.05, 3.63) is 84.9 Å². The lowest BCUT2D eigenvalue weighted by Crippen LogP contribution is -2.69. The first kappa shape index (κ1) is 51.7. The minimum atomic E-state index is -6.84. The molecule has 3 atom stereocenters. The monoisotopic (exact) mass is 998 g/mol. The van der Waals surface area contributed by atoms with Crippen LogP contribution in [0.3, 0.4) is 0 Å². The molecule has 5 rings (SSSR count). The number of hydrogen-bond acceptors (Lipinski definition) is 7. The highest BCUT2D eigenvalue weighted by molar-refractivity contribution is 8.33. The van der Waals surface area contributed by atoms with Gasteiger partial charge in [0.15, 0.2) is 0 Å². The van der Waals surface area contributed by atoms with Crippen LogP contribution in [-0.2, 0) is 24.4 Å². The van der Waals surface area contributed by atoms with Crippen LogP contribution < -0.4 is 4.74 Å². The molecule has 1 heterocycles. The highest BCUT2D eigenvalue weighted by Crippen LogP contribution is 2.75. The average molecular weight is 999 g/mol. The van der Waals surface area contributed by atoms with Crippen LogP contribution in [0, 0.1) is 11.8 Å². The van der Waals surface area contributed by atoms with E-state index in [9.17, 15) is 62.2 Å². The fraction of sp³-hybridized carbons (Fsp3) is 0.462. The summed E-state index contributed by atoms with van der Waals surface area (Å²) >= 11 is 0. The smallest absolute Gasteiger partial charge is 0.437 e. The zero-order valence-corrected chi connectivity index (χ0v) is 34.5. The van der Waals surface area contributed by atoms with Crippen LogP contribution in [-0.4, -0.2) is 96.7 Å². The van der Waals surface area contributed by atoms with E-state index >= 15 is 26.3 Å². The number of ether oxygens (including phenoxy) is 3. The number of carbonyl (C=O) groups excluding carboxylic acids is 1. The van der Waals surface area contributed by atoms with Gasteiger partial charge in [-0.25, -0.2) is 4.79 Å². The van der Waals surface area contributed by atoms with Crippen LogP contribution in [0.1, 0.15) is 25.7 Å². The Kier molecular flexibility index (Phi) is 13.6. The Morgan fingerprint density at radius 1 is 0.692 bits per heavy atom. The summed E-state index contributed by atoms with van der Waals surface area (Å²) in [5, 5.41) is 4.31. The molecule has 0 amide bonds. The number of alkyl halides is 16. The maximum atomic E-state index is 15.6. The molecule has 65 heavy (non-hydrogen) atoms. The normalized spacial score (nSPS) is 20.4. The van der Waals surface area contributed by atoms with Gasteiger partial charge in [-0.15, -0.1) is 0 Å². The van der Waals surface area contributed by atoms with E-state index in [-0.39, 0.29) is 4.90 Å². The number of benzene rings is 3. The van der Waals surface area contributed by atoms with Gasteiger partial charge in [-0.2, -0.15) is 88.7 Å². The quantitative estimate of drug-likeness (QED) is 0.0539. The number of hydrogen-bond donors (Lipinski definition) is 2. The first-order valence-corrected chi connectivity index (χ1v) is 21.9. The molecular formula is C39H34F16O8S2. The molecule has 1 fully saturated rings. The molecule has 0 spiro atoms. The third kappa shape index (κ3) is 8.88. The van der Waals surface area contributed by atoms with Crippen molar-refractivity contribution < 1.29 is 107 Å². The fourth-order valence-electron chi connectivity index (χ4n) is 8.00. The van der Waals surface area contributed by atoms with E-state index in [1.807, 2.05) is 0 Å². The molecule has 0 radical (unpaired) electrons. The molecule has 0 saturated heterocycles. The topological polar surface area (TPSA) is 119 Å². The molecule has 8 nitrogen and oxygen atoms in total. The summed E-state index contributed by atoms with van der Waals surface area (Å²) in [4.78, 5) is 13.5. The summed E-state index contributed by atoms with van der Waals surface area (Å²) in [5.74, 6) is -16.0. The number of fused-ring (bicyclic) bond motifs is 3. The zero-order valence-electron chi connectivity index (χ0n) is 32.8. The summed E-state index contributed by atoms with van der Waals surface area (Å²) in [7, 11) is -9.57. The molecule has 3 unspecified atom stereocenters. The molecule has 1 saturated carbocycles. The predicted octanol–water partition coefficient (Wildman–Crippen LogP) is 11.1. The summed E-state index contributed by atoms with van der Waals surface area (Å²) in [6.45, 7) is 0.0295. The second-order valence-corrected chi connectivity index (χ2v) is 19.8. The summed E-state index contributed by atoms with van der Waals surface area (Å²) in [6, 6.07) is 16.7. The maximum absolute atomic E-state index is 15.6. The van der Waals surface area contributed by atoms with Gasteiger partial charge in [-0.05, 0) is 60.9 Å². The molecule has 1 aliphatic carbocycles. The lowest BCUT2D eigenvalue weighted by Gasteiger charge is -2.50. The Balaban J connectivity index is 1.58. The summed E-state index contributed by atoms with van der Waals surface area (Å²) < 4.78 is 278. The first-order valence-electron chi connectivity index (χ1n) is 18.4. The predicted molar refractivity (Wildman–Crippen MR) is 196 cm³/mol. The SMILES string of the molecule is C=C(COCCC(F)(F)C(F)(F)S(=O)(=O)O)C(=O)OC1CC(C(O)(C(F)(F)F)C(F)(F)F)CC(C(Oc2ccccc2S2(C)c3ccccc3-c3ccccc32)(C(F)(F)F)C(F)(F)F)C1. The molecule has 1 aliphatic heterocycles. The minimum Gasteiger partial charge on any atom is -0.467 e. The number of carbonyl (C=O) groups is 1. The van der Waals surface area contributed by atoms with E-state index in [0.29, 0.717) is 27.0 Å². The minimum absolute atomic E-state index is 0.288. The number of para-hydroxylation sites is 1. The molecule has 3 aromatic rings. The Morgan fingerprint density at radius 2 is 1.14 bits per heavy atom. The van der Waals surface area contributed by atoms with E-state index in [1.54, 1.807) is 36.4 Å². The fourth-order valence-corrected chi connectivity index (χ4v) is 12.0. The number of rotatable bonds is 14. The largest absolute Gasteiger partial charge is 0.467 e. The Labute approximate surface area is 359 Å². The zero-order chi connectivity index (χ0) is 49.2. The van der Waals surface area contributed by atoms with Gasteiger partial charge in [0.25, 0.3) is 5.60 Å². The molecule has 362 valence electrons. The van der Waals surface area contributed by atoms with Gasteiger partial charge in [-0.3, -0.25) is 4.55 Å². The molecule has 2 N–H and O–H groups in total. The van der Waals surface area contributed by atoms with Crippen molar-refractivity contribution in [1.29, 1.82) is 0 Å². The van der Waals surface area contributed by atoms with Crippen LogP contribution in [0.2, 0.25) is 0 Å². The van der Waals surface area contributed by atoms with Crippen LogP contribution >= 0.6 is 10.0 Å².